The summed E-state index contributed by atoms with van der Waals surface area (Å²) in [5, 5.41) is 0. The van der Waals surface area contributed by atoms with E-state index in [-0.39, 0.29) is 23.9 Å². The second kappa shape index (κ2) is 7.54. The van der Waals surface area contributed by atoms with Crippen LogP contribution >= 0.6 is 0 Å². The molecule has 7 nitrogen and oxygen atoms in total. The summed E-state index contributed by atoms with van der Waals surface area (Å²) in [6, 6.07) is 12.5. The fourth-order valence-corrected chi connectivity index (χ4v) is 3.09. The highest BCUT2D eigenvalue weighted by molar-refractivity contribution is 6.06. The van der Waals surface area contributed by atoms with E-state index in [1.165, 1.54) is 34.3 Å². The minimum atomic E-state index is -4.47. The number of aromatic nitrogens is 2. The van der Waals surface area contributed by atoms with Gasteiger partial charge < -0.3 is 10.5 Å². The second-order valence-electron chi connectivity index (χ2n) is 6.51. The van der Waals surface area contributed by atoms with Gasteiger partial charge in [0, 0.05) is 30.5 Å². The summed E-state index contributed by atoms with van der Waals surface area (Å²) in [5.41, 5.74) is 5.60. The number of carbonyl (C=O) groups is 1. The summed E-state index contributed by atoms with van der Waals surface area (Å²) in [4.78, 5) is 23.3. The second-order valence-corrected chi connectivity index (χ2v) is 6.51. The molecule has 0 unspecified atom stereocenters. The van der Waals surface area contributed by atoms with E-state index in [0.717, 1.165) is 12.1 Å². The lowest BCUT2D eigenvalue weighted by atomic mass is 10.2. The first kappa shape index (κ1) is 19.5. The van der Waals surface area contributed by atoms with Crippen molar-refractivity contribution in [2.75, 3.05) is 28.6 Å². The van der Waals surface area contributed by atoms with Gasteiger partial charge >= 0.3 is 12.2 Å². The van der Waals surface area contributed by atoms with Crippen LogP contribution in [-0.2, 0) is 6.18 Å². The fourth-order valence-electron chi connectivity index (χ4n) is 3.09. The van der Waals surface area contributed by atoms with Gasteiger partial charge in [-0.2, -0.15) is 13.2 Å². The molecule has 1 aliphatic heterocycles. The minimum absolute atomic E-state index is 0.207. The summed E-state index contributed by atoms with van der Waals surface area (Å²) in [6.07, 6.45) is -3.19. The number of hydrogen-bond acceptors (Lipinski definition) is 5. The van der Waals surface area contributed by atoms with Gasteiger partial charge in [0.1, 0.15) is 17.9 Å². The van der Waals surface area contributed by atoms with Crippen LogP contribution in [-0.4, -0.2) is 29.1 Å². The first-order valence-electron chi connectivity index (χ1n) is 8.93. The third-order valence-electron chi connectivity index (χ3n) is 4.53. The lowest BCUT2D eigenvalue weighted by molar-refractivity contribution is -0.137. The summed E-state index contributed by atoms with van der Waals surface area (Å²) < 4.78 is 44.5. The Hall–Kier alpha value is -3.82. The summed E-state index contributed by atoms with van der Waals surface area (Å²) in [5.74, 6) is 1.04. The van der Waals surface area contributed by atoms with Gasteiger partial charge in [-0.25, -0.2) is 14.8 Å². The van der Waals surface area contributed by atoms with Crippen LogP contribution in [0.3, 0.4) is 0 Å². The number of hydrogen-bond donors (Lipinski definition) is 1. The van der Waals surface area contributed by atoms with E-state index in [1.807, 2.05) is 0 Å². The molecule has 0 radical (unpaired) electrons. The number of ether oxygens (including phenoxy) is 1. The molecule has 1 aromatic heterocycles. The Morgan fingerprint density at radius 2 is 1.63 bits per heavy atom. The number of anilines is 3. The van der Waals surface area contributed by atoms with Crippen molar-refractivity contribution in [1.82, 2.24) is 9.97 Å². The number of rotatable bonds is 4. The number of nitrogen functional groups attached to an aromatic ring is 1. The van der Waals surface area contributed by atoms with E-state index < -0.39 is 17.8 Å². The SMILES string of the molecule is Nc1cc(Oc2ccc(N3CCN(c4cccc(C(F)(F)F)c4)C3=O)cc2)ncn1. The Balaban J connectivity index is 1.49. The molecule has 3 aromatic rings. The van der Waals surface area contributed by atoms with Crippen LogP contribution in [0.1, 0.15) is 5.56 Å². The van der Waals surface area contributed by atoms with E-state index in [2.05, 4.69) is 9.97 Å². The number of amides is 2. The molecule has 2 N–H and O–H groups in total. The van der Waals surface area contributed by atoms with Crippen LogP contribution in [0.15, 0.2) is 60.9 Å². The zero-order valence-corrected chi connectivity index (χ0v) is 15.5. The zero-order valence-electron chi connectivity index (χ0n) is 15.5. The lowest BCUT2D eigenvalue weighted by Gasteiger charge is -2.20. The largest absolute Gasteiger partial charge is 0.439 e. The summed E-state index contributed by atoms with van der Waals surface area (Å²) in [6.45, 7) is 0.621. The average Bonchev–Trinajstić information content (AvgIpc) is 3.09. The molecule has 1 fully saturated rings. The van der Waals surface area contributed by atoms with Crippen molar-refractivity contribution < 1.29 is 22.7 Å². The van der Waals surface area contributed by atoms with Gasteiger partial charge in [0.15, 0.2) is 0 Å². The molecule has 2 amide bonds. The van der Waals surface area contributed by atoms with Crippen molar-refractivity contribution in [3.63, 3.8) is 0 Å². The molecule has 10 heteroatoms. The highest BCUT2D eigenvalue weighted by Crippen LogP contribution is 2.33. The smallest absolute Gasteiger partial charge is 0.416 e. The zero-order chi connectivity index (χ0) is 21.3. The van der Waals surface area contributed by atoms with E-state index in [1.54, 1.807) is 24.3 Å². The topological polar surface area (TPSA) is 84.6 Å². The van der Waals surface area contributed by atoms with Crippen molar-refractivity contribution in [2.45, 2.75) is 6.18 Å². The van der Waals surface area contributed by atoms with Gasteiger partial charge in [0.05, 0.1) is 5.56 Å². The predicted molar refractivity (Wildman–Crippen MR) is 104 cm³/mol. The van der Waals surface area contributed by atoms with Crippen molar-refractivity contribution in [1.29, 1.82) is 0 Å². The molecule has 0 saturated carbocycles. The molecule has 1 saturated heterocycles. The predicted octanol–water partition coefficient (Wildman–Crippen LogP) is 4.32. The van der Waals surface area contributed by atoms with Crippen LogP contribution in [0.25, 0.3) is 0 Å². The lowest BCUT2D eigenvalue weighted by Crippen LogP contribution is -2.31. The molecule has 0 atom stereocenters. The molecule has 154 valence electrons. The van der Waals surface area contributed by atoms with Crippen LogP contribution in [0.5, 0.6) is 11.6 Å². The fraction of sp³-hybridized carbons (Fsp3) is 0.150. The maximum atomic E-state index is 13.0. The molecular weight excluding hydrogens is 399 g/mol. The van der Waals surface area contributed by atoms with E-state index in [4.69, 9.17) is 10.5 Å². The Morgan fingerprint density at radius 3 is 2.30 bits per heavy atom. The standard InChI is InChI=1S/C20H16F3N5O2/c21-20(22,23)13-2-1-3-15(10-13)28-9-8-27(19(28)29)14-4-6-16(7-5-14)30-18-11-17(24)25-12-26-18/h1-7,10-12H,8-9H2,(H2,24,25,26). The number of carbonyl (C=O) groups excluding carboxylic acids is 1. The average molecular weight is 415 g/mol. The van der Waals surface area contributed by atoms with Gasteiger partial charge in [-0.3, -0.25) is 9.80 Å². The first-order chi connectivity index (χ1) is 14.3. The highest BCUT2D eigenvalue weighted by atomic mass is 19.4. The van der Waals surface area contributed by atoms with E-state index in [0.29, 0.717) is 18.0 Å². The third-order valence-corrected chi connectivity index (χ3v) is 4.53. The summed E-state index contributed by atoms with van der Waals surface area (Å²) >= 11 is 0. The van der Waals surface area contributed by atoms with Crippen molar-refractivity contribution >= 4 is 23.2 Å². The third kappa shape index (κ3) is 3.97. The van der Waals surface area contributed by atoms with Gasteiger partial charge in [-0.15, -0.1) is 0 Å². The molecule has 1 aliphatic rings. The monoisotopic (exact) mass is 415 g/mol. The number of nitrogens with two attached hydrogens (primary N) is 1. The number of nitrogens with zero attached hydrogens (tertiary/aromatic N) is 4. The van der Waals surface area contributed by atoms with Gasteiger partial charge in [0.25, 0.3) is 0 Å². The maximum Gasteiger partial charge on any atom is 0.416 e. The van der Waals surface area contributed by atoms with Crippen LogP contribution < -0.4 is 20.3 Å². The van der Waals surface area contributed by atoms with Crippen molar-refractivity contribution in [3.05, 3.63) is 66.5 Å². The Morgan fingerprint density at radius 1 is 0.933 bits per heavy atom. The summed E-state index contributed by atoms with van der Waals surface area (Å²) in [7, 11) is 0. The quantitative estimate of drug-likeness (QED) is 0.686. The molecule has 0 spiro atoms. The molecule has 4 rings (SSSR count). The van der Waals surface area contributed by atoms with Crippen LogP contribution in [0.2, 0.25) is 0 Å². The normalized spacial score (nSPS) is 14.3. The van der Waals surface area contributed by atoms with Gasteiger partial charge in [0.2, 0.25) is 5.88 Å². The van der Waals surface area contributed by atoms with Crippen molar-refractivity contribution in [3.8, 4) is 11.6 Å². The molecule has 30 heavy (non-hydrogen) atoms. The van der Waals surface area contributed by atoms with E-state index >= 15 is 0 Å². The molecular formula is C20H16F3N5O2. The molecule has 0 bridgehead atoms. The van der Waals surface area contributed by atoms with Gasteiger partial charge in [-0.05, 0) is 42.5 Å². The van der Waals surface area contributed by atoms with Gasteiger partial charge in [-0.1, -0.05) is 6.07 Å². The van der Waals surface area contributed by atoms with Crippen LogP contribution in [0, 0.1) is 0 Å². The number of halogens is 3. The highest BCUT2D eigenvalue weighted by Gasteiger charge is 2.34. The van der Waals surface area contributed by atoms with Crippen molar-refractivity contribution in [2.24, 2.45) is 0 Å². The Kier molecular flexibility index (Phi) is 4.90. The first-order valence-corrected chi connectivity index (χ1v) is 8.93. The minimum Gasteiger partial charge on any atom is -0.439 e. The Labute approximate surface area is 169 Å². The number of urea groups is 1. The number of benzene rings is 2. The molecule has 2 heterocycles. The van der Waals surface area contributed by atoms with Crippen LogP contribution in [0.4, 0.5) is 35.2 Å². The molecule has 2 aromatic carbocycles. The Bertz CT molecular complexity index is 1070. The van der Waals surface area contributed by atoms with E-state index in [9.17, 15) is 18.0 Å². The maximum absolute atomic E-state index is 13.0. The molecule has 0 aliphatic carbocycles. The number of alkyl halides is 3.